The molecule has 0 aromatic rings. The Hall–Kier alpha value is -0.0800. The lowest BCUT2D eigenvalue weighted by Crippen LogP contribution is -2.44. The Bertz CT molecular complexity index is 136. The Kier molecular flexibility index (Phi) is 3.53. The third-order valence-electron chi connectivity index (χ3n) is 2.93. The minimum absolute atomic E-state index is 0.0916. The number of aliphatic hydroxyl groups excluding tert-OH is 1. The van der Waals surface area contributed by atoms with Crippen LogP contribution in [0.2, 0.25) is 0 Å². The van der Waals surface area contributed by atoms with E-state index >= 15 is 0 Å². The van der Waals surface area contributed by atoms with Gasteiger partial charge in [-0.15, -0.1) is 0 Å². The molecular formula is C10H21NO. The standard InChI is InChI=1S/C10H21NO/c1-4-11-6-9(8(2)3)5-10(12)7-11/h8-10,12H,4-7H2,1-3H3. The monoisotopic (exact) mass is 171 g/mol. The molecule has 1 saturated heterocycles. The maximum atomic E-state index is 9.59. The molecule has 0 spiro atoms. The van der Waals surface area contributed by atoms with Gasteiger partial charge in [-0.2, -0.15) is 0 Å². The summed E-state index contributed by atoms with van der Waals surface area (Å²) in [4.78, 5) is 2.35. The van der Waals surface area contributed by atoms with E-state index in [1.807, 2.05) is 0 Å². The molecule has 12 heavy (non-hydrogen) atoms. The summed E-state index contributed by atoms with van der Waals surface area (Å²) in [6.07, 6.45) is 0.903. The van der Waals surface area contributed by atoms with E-state index < -0.39 is 0 Å². The Morgan fingerprint density at radius 1 is 1.42 bits per heavy atom. The number of hydrogen-bond donors (Lipinski definition) is 1. The van der Waals surface area contributed by atoms with Crippen LogP contribution in [-0.4, -0.2) is 35.7 Å². The predicted octanol–water partition coefficient (Wildman–Crippen LogP) is 1.35. The molecule has 1 fully saturated rings. The number of piperidine rings is 1. The predicted molar refractivity (Wildman–Crippen MR) is 51.1 cm³/mol. The van der Waals surface area contributed by atoms with Crippen LogP contribution in [0.4, 0.5) is 0 Å². The van der Waals surface area contributed by atoms with Crippen LogP contribution >= 0.6 is 0 Å². The first-order chi connectivity index (χ1) is 5.63. The Morgan fingerprint density at radius 3 is 2.58 bits per heavy atom. The Morgan fingerprint density at radius 2 is 2.08 bits per heavy atom. The molecule has 1 aliphatic heterocycles. The van der Waals surface area contributed by atoms with Crippen LogP contribution in [-0.2, 0) is 0 Å². The van der Waals surface area contributed by atoms with Gasteiger partial charge < -0.3 is 10.0 Å². The van der Waals surface area contributed by atoms with Crippen LogP contribution in [0.1, 0.15) is 27.2 Å². The molecule has 0 aliphatic carbocycles. The summed E-state index contributed by atoms with van der Waals surface area (Å²) >= 11 is 0. The van der Waals surface area contributed by atoms with Crippen molar-refractivity contribution in [3.63, 3.8) is 0 Å². The lowest BCUT2D eigenvalue weighted by molar-refractivity contribution is 0.0288. The number of β-amino-alcohol motifs (C(OH)–C–C–N with tert-alkyl or cyclic N) is 1. The fourth-order valence-corrected chi connectivity index (χ4v) is 1.94. The maximum Gasteiger partial charge on any atom is 0.0670 e. The number of likely N-dealkylation sites (tertiary alicyclic amines) is 1. The molecule has 2 atom stereocenters. The summed E-state index contributed by atoms with van der Waals surface area (Å²) in [5.74, 6) is 1.39. The highest BCUT2D eigenvalue weighted by atomic mass is 16.3. The highest BCUT2D eigenvalue weighted by molar-refractivity contribution is 4.79. The molecule has 1 aliphatic rings. The number of hydrogen-bond acceptors (Lipinski definition) is 2. The molecule has 0 amide bonds. The van der Waals surface area contributed by atoms with E-state index in [1.54, 1.807) is 0 Å². The van der Waals surface area contributed by atoms with Gasteiger partial charge in [-0.25, -0.2) is 0 Å². The molecule has 2 nitrogen and oxygen atoms in total. The van der Waals surface area contributed by atoms with Crippen LogP contribution in [0.3, 0.4) is 0 Å². The van der Waals surface area contributed by atoms with Crippen molar-refractivity contribution in [3.05, 3.63) is 0 Å². The first-order valence-electron chi connectivity index (χ1n) is 5.04. The second-order valence-electron chi connectivity index (χ2n) is 4.25. The van der Waals surface area contributed by atoms with E-state index in [2.05, 4.69) is 25.7 Å². The average molecular weight is 171 g/mol. The average Bonchev–Trinajstić information content (AvgIpc) is 2.03. The molecule has 0 aromatic heterocycles. The van der Waals surface area contributed by atoms with Gasteiger partial charge in [0.1, 0.15) is 0 Å². The molecule has 1 N–H and O–H groups in total. The summed E-state index contributed by atoms with van der Waals surface area (Å²) in [5, 5.41) is 9.59. The zero-order valence-electron chi connectivity index (χ0n) is 8.45. The largest absolute Gasteiger partial charge is 0.392 e. The maximum absolute atomic E-state index is 9.59. The van der Waals surface area contributed by atoms with Crippen LogP contribution in [0.25, 0.3) is 0 Å². The number of likely N-dealkylation sites (N-methyl/N-ethyl adjacent to an activating group) is 1. The van der Waals surface area contributed by atoms with Crippen LogP contribution in [0.15, 0.2) is 0 Å². The van der Waals surface area contributed by atoms with E-state index in [1.165, 1.54) is 6.54 Å². The number of aliphatic hydroxyl groups is 1. The van der Waals surface area contributed by atoms with Gasteiger partial charge in [-0.05, 0) is 24.8 Å². The van der Waals surface area contributed by atoms with Gasteiger partial charge in [0.25, 0.3) is 0 Å². The van der Waals surface area contributed by atoms with E-state index in [-0.39, 0.29) is 6.10 Å². The molecule has 72 valence electrons. The van der Waals surface area contributed by atoms with Crippen LogP contribution in [0, 0.1) is 11.8 Å². The first-order valence-corrected chi connectivity index (χ1v) is 5.04. The zero-order valence-corrected chi connectivity index (χ0v) is 8.45. The minimum Gasteiger partial charge on any atom is -0.392 e. The summed E-state index contributed by atoms with van der Waals surface area (Å²) < 4.78 is 0. The highest BCUT2D eigenvalue weighted by Gasteiger charge is 2.26. The van der Waals surface area contributed by atoms with Crippen molar-refractivity contribution in [3.8, 4) is 0 Å². The summed E-state index contributed by atoms with van der Waals surface area (Å²) in [6.45, 7) is 9.77. The van der Waals surface area contributed by atoms with Crippen molar-refractivity contribution in [2.45, 2.75) is 33.3 Å². The summed E-state index contributed by atoms with van der Waals surface area (Å²) in [5.41, 5.74) is 0. The lowest BCUT2D eigenvalue weighted by atomic mass is 9.87. The third kappa shape index (κ3) is 2.46. The molecule has 1 heterocycles. The van der Waals surface area contributed by atoms with E-state index in [0.29, 0.717) is 11.8 Å². The van der Waals surface area contributed by atoms with Gasteiger partial charge in [0, 0.05) is 13.1 Å². The topological polar surface area (TPSA) is 23.5 Å². The van der Waals surface area contributed by atoms with Crippen LogP contribution in [0.5, 0.6) is 0 Å². The van der Waals surface area contributed by atoms with Gasteiger partial charge in [-0.3, -0.25) is 0 Å². The van der Waals surface area contributed by atoms with E-state index in [4.69, 9.17) is 0 Å². The smallest absolute Gasteiger partial charge is 0.0670 e. The van der Waals surface area contributed by atoms with Gasteiger partial charge in [0.15, 0.2) is 0 Å². The quantitative estimate of drug-likeness (QED) is 0.678. The van der Waals surface area contributed by atoms with Gasteiger partial charge in [-0.1, -0.05) is 20.8 Å². The normalized spacial score (nSPS) is 32.8. The molecular weight excluding hydrogens is 150 g/mol. The molecule has 2 unspecified atom stereocenters. The van der Waals surface area contributed by atoms with Crippen molar-refractivity contribution < 1.29 is 5.11 Å². The Labute approximate surface area is 75.6 Å². The first kappa shape index (κ1) is 10.0. The highest BCUT2D eigenvalue weighted by Crippen LogP contribution is 2.23. The molecule has 2 heteroatoms. The van der Waals surface area contributed by atoms with Crippen molar-refractivity contribution in [1.29, 1.82) is 0 Å². The van der Waals surface area contributed by atoms with Crippen molar-refractivity contribution in [2.24, 2.45) is 11.8 Å². The van der Waals surface area contributed by atoms with E-state index in [9.17, 15) is 5.11 Å². The molecule has 0 aromatic carbocycles. The second-order valence-corrected chi connectivity index (χ2v) is 4.25. The summed E-state index contributed by atoms with van der Waals surface area (Å²) in [7, 11) is 0. The lowest BCUT2D eigenvalue weighted by Gasteiger charge is -2.36. The van der Waals surface area contributed by atoms with Crippen molar-refractivity contribution >= 4 is 0 Å². The minimum atomic E-state index is -0.0916. The fraction of sp³-hybridized carbons (Fsp3) is 1.00. The Balaban J connectivity index is 2.45. The third-order valence-corrected chi connectivity index (χ3v) is 2.93. The second kappa shape index (κ2) is 4.24. The number of nitrogens with zero attached hydrogens (tertiary/aromatic N) is 1. The molecule has 0 bridgehead atoms. The summed E-state index contributed by atoms with van der Waals surface area (Å²) in [6, 6.07) is 0. The van der Waals surface area contributed by atoms with Crippen LogP contribution < -0.4 is 0 Å². The SMILES string of the molecule is CCN1CC(O)CC(C(C)C)C1. The van der Waals surface area contributed by atoms with Gasteiger partial charge >= 0.3 is 0 Å². The van der Waals surface area contributed by atoms with E-state index in [0.717, 1.165) is 19.5 Å². The van der Waals surface area contributed by atoms with Crippen molar-refractivity contribution in [1.82, 2.24) is 4.90 Å². The fourth-order valence-electron chi connectivity index (χ4n) is 1.94. The van der Waals surface area contributed by atoms with Crippen molar-refractivity contribution in [2.75, 3.05) is 19.6 Å². The molecule has 0 saturated carbocycles. The zero-order chi connectivity index (χ0) is 9.14. The van der Waals surface area contributed by atoms with Gasteiger partial charge in [0.05, 0.1) is 6.10 Å². The molecule has 0 radical (unpaired) electrons. The molecule has 1 rings (SSSR count). The van der Waals surface area contributed by atoms with Gasteiger partial charge in [0.2, 0.25) is 0 Å². The number of rotatable bonds is 2.